The molecule has 0 saturated carbocycles. The number of nitrogens with zero attached hydrogens (tertiary/aromatic N) is 1. The van der Waals surface area contributed by atoms with E-state index in [9.17, 15) is 18.0 Å². The summed E-state index contributed by atoms with van der Waals surface area (Å²) in [5.41, 5.74) is 0.772. The average Bonchev–Trinajstić information content (AvgIpc) is 2.73. The number of hydrogen-bond donors (Lipinski definition) is 1. The predicted octanol–water partition coefficient (Wildman–Crippen LogP) is 3.57. The Labute approximate surface area is 121 Å². The maximum absolute atomic E-state index is 12.8. The van der Waals surface area contributed by atoms with Gasteiger partial charge in [0.05, 0.1) is 11.5 Å². The number of rotatable bonds is 4. The van der Waals surface area contributed by atoms with Gasteiger partial charge in [-0.25, -0.2) is 0 Å². The molecule has 0 aromatic heterocycles. The molecule has 3 nitrogen and oxygen atoms in total. The van der Waals surface area contributed by atoms with Gasteiger partial charge in [-0.3, -0.25) is 4.79 Å². The highest BCUT2D eigenvalue weighted by Gasteiger charge is 2.35. The minimum absolute atomic E-state index is 0.0559. The van der Waals surface area contributed by atoms with Crippen molar-refractivity contribution in [3.63, 3.8) is 0 Å². The van der Waals surface area contributed by atoms with E-state index in [0.29, 0.717) is 25.1 Å². The van der Waals surface area contributed by atoms with Crippen LogP contribution in [0.5, 0.6) is 0 Å². The minimum Gasteiger partial charge on any atom is -0.481 e. The van der Waals surface area contributed by atoms with Crippen molar-refractivity contribution in [1.29, 1.82) is 0 Å². The number of alkyl halides is 3. The first-order valence-corrected chi connectivity index (χ1v) is 6.93. The Morgan fingerprint density at radius 1 is 1.48 bits per heavy atom. The first-order chi connectivity index (χ1) is 9.74. The predicted molar refractivity (Wildman–Crippen MR) is 73.4 cm³/mol. The summed E-state index contributed by atoms with van der Waals surface area (Å²) in [6.07, 6.45) is -3.33. The number of likely N-dealkylation sites (N-methyl/N-ethyl adjacent to an activating group) is 1. The molecule has 0 bridgehead atoms. The first-order valence-electron chi connectivity index (χ1n) is 6.93. The molecule has 0 aliphatic carbocycles. The highest BCUT2D eigenvalue weighted by molar-refractivity contribution is 5.70. The van der Waals surface area contributed by atoms with Gasteiger partial charge < -0.3 is 10.0 Å². The van der Waals surface area contributed by atoms with Crippen LogP contribution in [-0.2, 0) is 17.4 Å². The number of benzene rings is 1. The second kappa shape index (κ2) is 5.58. The Morgan fingerprint density at radius 3 is 2.67 bits per heavy atom. The van der Waals surface area contributed by atoms with Crippen LogP contribution in [-0.4, -0.2) is 23.7 Å². The van der Waals surface area contributed by atoms with E-state index in [2.05, 4.69) is 0 Å². The number of carbonyl (C=O) groups is 1. The van der Waals surface area contributed by atoms with Crippen LogP contribution in [0.4, 0.5) is 18.9 Å². The molecule has 6 heteroatoms. The fraction of sp³-hybridized carbons (Fsp3) is 0.533. The van der Waals surface area contributed by atoms with Gasteiger partial charge in [-0.15, -0.1) is 0 Å². The third kappa shape index (κ3) is 3.14. The largest absolute Gasteiger partial charge is 0.481 e. The SMILES string of the molecule is CCN1c2cc(C(F)(F)F)ccc2CC1CC(C)C(=O)O. The van der Waals surface area contributed by atoms with E-state index in [1.165, 1.54) is 12.1 Å². The lowest BCUT2D eigenvalue weighted by molar-refractivity contribution is -0.141. The Balaban J connectivity index is 2.27. The number of hydrogen-bond acceptors (Lipinski definition) is 2. The topological polar surface area (TPSA) is 40.5 Å². The molecular weight excluding hydrogens is 283 g/mol. The summed E-state index contributed by atoms with van der Waals surface area (Å²) in [5.74, 6) is -1.39. The van der Waals surface area contributed by atoms with Crippen LogP contribution in [0.1, 0.15) is 31.4 Å². The summed E-state index contributed by atoms with van der Waals surface area (Å²) in [6, 6.07) is 3.71. The molecular formula is C15H18F3NO2. The lowest BCUT2D eigenvalue weighted by Crippen LogP contribution is -2.34. The summed E-state index contributed by atoms with van der Waals surface area (Å²) in [7, 11) is 0. The molecule has 1 aromatic carbocycles. The van der Waals surface area contributed by atoms with Crippen LogP contribution < -0.4 is 4.90 Å². The molecule has 1 N–H and O–H groups in total. The lowest BCUT2D eigenvalue weighted by Gasteiger charge is -2.27. The van der Waals surface area contributed by atoms with Crippen molar-refractivity contribution < 1.29 is 23.1 Å². The second-order valence-corrected chi connectivity index (χ2v) is 5.46. The summed E-state index contributed by atoms with van der Waals surface area (Å²) >= 11 is 0. The van der Waals surface area contributed by atoms with E-state index in [-0.39, 0.29) is 6.04 Å². The Hall–Kier alpha value is -1.72. The molecule has 1 aromatic rings. The summed E-state index contributed by atoms with van der Waals surface area (Å²) in [6.45, 7) is 4.05. The van der Waals surface area contributed by atoms with Gasteiger partial charge in [-0.2, -0.15) is 13.2 Å². The van der Waals surface area contributed by atoms with E-state index in [1.54, 1.807) is 6.92 Å². The molecule has 116 valence electrons. The summed E-state index contributed by atoms with van der Waals surface area (Å²) in [4.78, 5) is 12.9. The van der Waals surface area contributed by atoms with Gasteiger partial charge in [0.15, 0.2) is 0 Å². The number of carboxylic acids is 1. The smallest absolute Gasteiger partial charge is 0.416 e. The van der Waals surface area contributed by atoms with Crippen LogP contribution in [0.15, 0.2) is 18.2 Å². The zero-order valence-corrected chi connectivity index (χ0v) is 11.9. The van der Waals surface area contributed by atoms with Gasteiger partial charge in [-0.05, 0) is 37.5 Å². The molecule has 0 saturated heterocycles. The Morgan fingerprint density at radius 2 is 2.14 bits per heavy atom. The fourth-order valence-electron chi connectivity index (χ4n) is 2.89. The van der Waals surface area contributed by atoms with E-state index >= 15 is 0 Å². The Bertz CT molecular complexity index is 542. The molecule has 0 amide bonds. The third-order valence-corrected chi connectivity index (χ3v) is 4.01. The van der Waals surface area contributed by atoms with Crippen LogP contribution in [0.25, 0.3) is 0 Å². The van der Waals surface area contributed by atoms with Gasteiger partial charge in [0.25, 0.3) is 0 Å². The van der Waals surface area contributed by atoms with Crippen LogP contribution in [0.2, 0.25) is 0 Å². The van der Waals surface area contributed by atoms with Crippen molar-refractivity contribution in [2.45, 2.75) is 38.9 Å². The van der Waals surface area contributed by atoms with Crippen molar-refractivity contribution in [3.05, 3.63) is 29.3 Å². The van der Waals surface area contributed by atoms with Crippen LogP contribution in [0, 0.1) is 5.92 Å². The Kier molecular flexibility index (Phi) is 4.16. The van der Waals surface area contributed by atoms with Crippen molar-refractivity contribution in [3.8, 4) is 0 Å². The molecule has 0 radical (unpaired) electrons. The van der Waals surface area contributed by atoms with Gasteiger partial charge in [0.2, 0.25) is 0 Å². The van der Waals surface area contributed by atoms with Crippen molar-refractivity contribution in [2.24, 2.45) is 5.92 Å². The van der Waals surface area contributed by atoms with Gasteiger partial charge in [-0.1, -0.05) is 13.0 Å². The molecule has 21 heavy (non-hydrogen) atoms. The molecule has 1 aliphatic rings. The van der Waals surface area contributed by atoms with Crippen LogP contribution >= 0.6 is 0 Å². The number of halogens is 3. The highest BCUT2D eigenvalue weighted by atomic mass is 19.4. The fourth-order valence-corrected chi connectivity index (χ4v) is 2.89. The van der Waals surface area contributed by atoms with E-state index in [1.807, 2.05) is 11.8 Å². The molecule has 0 fully saturated rings. The number of fused-ring (bicyclic) bond motifs is 1. The molecule has 1 heterocycles. The standard InChI is InChI=1S/C15H18F3NO2/c1-3-19-12(6-9(2)14(20)21)7-10-4-5-11(8-13(10)19)15(16,17)18/h4-5,8-9,12H,3,6-7H2,1-2H3,(H,20,21). The van der Waals surface area contributed by atoms with Crippen LogP contribution in [0.3, 0.4) is 0 Å². The zero-order chi connectivity index (χ0) is 15.8. The number of anilines is 1. The van der Waals surface area contributed by atoms with E-state index in [0.717, 1.165) is 11.6 Å². The third-order valence-electron chi connectivity index (χ3n) is 4.01. The van der Waals surface area contributed by atoms with Crippen molar-refractivity contribution >= 4 is 11.7 Å². The highest BCUT2D eigenvalue weighted by Crippen LogP contribution is 2.39. The lowest BCUT2D eigenvalue weighted by atomic mass is 9.98. The monoisotopic (exact) mass is 301 g/mol. The normalized spacial score (nSPS) is 19.5. The maximum atomic E-state index is 12.8. The van der Waals surface area contributed by atoms with Crippen molar-refractivity contribution in [1.82, 2.24) is 0 Å². The molecule has 2 unspecified atom stereocenters. The van der Waals surface area contributed by atoms with Gasteiger partial charge in [0.1, 0.15) is 0 Å². The number of carboxylic acid groups (broad SMARTS) is 1. The van der Waals surface area contributed by atoms with E-state index in [4.69, 9.17) is 5.11 Å². The zero-order valence-electron chi connectivity index (χ0n) is 11.9. The molecule has 2 rings (SSSR count). The number of aliphatic carboxylic acids is 1. The average molecular weight is 301 g/mol. The minimum atomic E-state index is -4.36. The summed E-state index contributed by atoms with van der Waals surface area (Å²) < 4.78 is 38.4. The second-order valence-electron chi connectivity index (χ2n) is 5.46. The first kappa shape index (κ1) is 15.7. The van der Waals surface area contributed by atoms with E-state index < -0.39 is 23.6 Å². The molecule has 2 atom stereocenters. The van der Waals surface area contributed by atoms with Gasteiger partial charge >= 0.3 is 12.1 Å². The molecule has 1 aliphatic heterocycles. The maximum Gasteiger partial charge on any atom is 0.416 e. The quantitative estimate of drug-likeness (QED) is 0.924. The molecule has 0 spiro atoms. The van der Waals surface area contributed by atoms with Gasteiger partial charge in [0, 0.05) is 18.3 Å². The summed E-state index contributed by atoms with van der Waals surface area (Å²) in [5, 5.41) is 9.00. The van der Waals surface area contributed by atoms with Crippen molar-refractivity contribution in [2.75, 3.05) is 11.4 Å².